The number of hydrogen-bond acceptors (Lipinski definition) is 6. The third-order valence-electron chi connectivity index (χ3n) is 4.83. The summed E-state index contributed by atoms with van der Waals surface area (Å²) in [6.07, 6.45) is 0. The fourth-order valence-electron chi connectivity index (χ4n) is 3.10. The molecule has 0 radical (unpaired) electrons. The van der Waals surface area contributed by atoms with Crippen molar-refractivity contribution in [1.29, 1.82) is 0 Å². The molecule has 0 saturated carbocycles. The van der Waals surface area contributed by atoms with E-state index in [1.807, 2.05) is 20.8 Å². The summed E-state index contributed by atoms with van der Waals surface area (Å²) in [5.74, 6) is 1.04. The molecule has 170 valence electrons. The lowest BCUT2D eigenvalue weighted by Crippen LogP contribution is -2.32. The molecule has 0 aliphatic rings. The first kappa shape index (κ1) is 23.5. The first-order valence-corrected chi connectivity index (χ1v) is 10.5. The highest BCUT2D eigenvalue weighted by molar-refractivity contribution is 6.32. The predicted molar refractivity (Wildman–Crippen MR) is 124 cm³/mol. The van der Waals surface area contributed by atoms with Crippen molar-refractivity contribution in [2.24, 2.45) is 5.92 Å². The van der Waals surface area contributed by atoms with E-state index in [1.165, 1.54) is 14.2 Å². The number of carbonyl (C=O) groups excluding carboxylic acids is 1. The van der Waals surface area contributed by atoms with Crippen LogP contribution in [-0.4, -0.2) is 33.3 Å². The zero-order valence-corrected chi connectivity index (χ0v) is 19.5. The second kappa shape index (κ2) is 9.96. The van der Waals surface area contributed by atoms with Crippen LogP contribution in [0.2, 0.25) is 5.02 Å². The van der Waals surface area contributed by atoms with Crippen LogP contribution < -0.4 is 25.0 Å². The minimum Gasteiger partial charge on any atom is -0.493 e. The third-order valence-corrected chi connectivity index (χ3v) is 5.24. The lowest BCUT2D eigenvalue weighted by Gasteiger charge is -2.14. The smallest absolute Gasteiger partial charge is 0.257 e. The van der Waals surface area contributed by atoms with Crippen LogP contribution in [0.3, 0.4) is 0 Å². The van der Waals surface area contributed by atoms with Gasteiger partial charge in [0.15, 0.2) is 23.9 Å². The van der Waals surface area contributed by atoms with Crippen molar-refractivity contribution in [2.75, 3.05) is 27.4 Å². The summed E-state index contributed by atoms with van der Waals surface area (Å²) in [5, 5.41) is 3.46. The van der Waals surface area contributed by atoms with Crippen LogP contribution in [0, 0.1) is 12.8 Å². The van der Waals surface area contributed by atoms with Crippen molar-refractivity contribution in [2.45, 2.75) is 20.8 Å². The molecule has 1 heterocycles. The van der Waals surface area contributed by atoms with Gasteiger partial charge in [-0.1, -0.05) is 25.4 Å². The first-order valence-electron chi connectivity index (χ1n) is 10.1. The van der Waals surface area contributed by atoms with Crippen LogP contribution in [0.5, 0.6) is 17.2 Å². The summed E-state index contributed by atoms with van der Waals surface area (Å²) in [7, 11) is 3.05. The highest BCUT2D eigenvalue weighted by atomic mass is 35.5. The summed E-state index contributed by atoms with van der Waals surface area (Å²) in [4.78, 5) is 25.5. The van der Waals surface area contributed by atoms with E-state index in [0.29, 0.717) is 34.2 Å². The molecular weight excluding hydrogens is 434 g/mol. The quantitative estimate of drug-likeness (QED) is 0.530. The Morgan fingerprint density at radius 1 is 1.12 bits per heavy atom. The molecule has 0 unspecified atom stereocenters. The van der Waals surface area contributed by atoms with E-state index in [2.05, 4.69) is 5.32 Å². The Morgan fingerprint density at radius 2 is 1.84 bits per heavy atom. The molecule has 7 nitrogen and oxygen atoms in total. The number of carbonyl (C=O) groups is 1. The fourth-order valence-corrected chi connectivity index (χ4v) is 3.27. The molecule has 8 heteroatoms. The van der Waals surface area contributed by atoms with Gasteiger partial charge in [-0.15, -0.1) is 0 Å². The molecule has 32 heavy (non-hydrogen) atoms. The highest BCUT2D eigenvalue weighted by Crippen LogP contribution is 2.37. The van der Waals surface area contributed by atoms with Gasteiger partial charge in [0.05, 0.1) is 19.6 Å². The number of fused-ring (bicyclic) bond motifs is 1. The van der Waals surface area contributed by atoms with Crippen LogP contribution in [0.25, 0.3) is 22.3 Å². The number of halogens is 1. The molecule has 0 aliphatic carbocycles. The topological polar surface area (TPSA) is 87.0 Å². The van der Waals surface area contributed by atoms with E-state index in [-0.39, 0.29) is 35.3 Å². The molecule has 1 amide bonds. The van der Waals surface area contributed by atoms with Gasteiger partial charge < -0.3 is 23.9 Å². The van der Waals surface area contributed by atoms with Gasteiger partial charge in [-0.25, -0.2) is 0 Å². The van der Waals surface area contributed by atoms with Gasteiger partial charge in [-0.05, 0) is 48.7 Å². The van der Waals surface area contributed by atoms with Gasteiger partial charge in [0.2, 0.25) is 11.2 Å². The molecule has 3 aromatic rings. The van der Waals surface area contributed by atoms with Crippen molar-refractivity contribution in [3.63, 3.8) is 0 Å². The number of hydrogen-bond donors (Lipinski definition) is 1. The van der Waals surface area contributed by atoms with Crippen molar-refractivity contribution in [3.8, 4) is 28.6 Å². The summed E-state index contributed by atoms with van der Waals surface area (Å²) in [6.45, 7) is 5.97. The predicted octanol–water partition coefficient (Wildman–Crippen LogP) is 4.59. The van der Waals surface area contributed by atoms with E-state index < -0.39 is 5.43 Å². The van der Waals surface area contributed by atoms with E-state index in [4.69, 9.17) is 30.2 Å². The maximum absolute atomic E-state index is 13.3. The normalized spacial score (nSPS) is 11.0. The van der Waals surface area contributed by atoms with E-state index in [1.54, 1.807) is 30.3 Å². The molecule has 1 aromatic heterocycles. The van der Waals surface area contributed by atoms with Crippen molar-refractivity contribution < 1.29 is 23.4 Å². The van der Waals surface area contributed by atoms with E-state index in [0.717, 1.165) is 5.56 Å². The Balaban J connectivity index is 2.12. The Labute approximate surface area is 191 Å². The summed E-state index contributed by atoms with van der Waals surface area (Å²) in [6, 6.07) is 8.34. The van der Waals surface area contributed by atoms with Crippen LogP contribution in [0.15, 0.2) is 39.5 Å². The number of rotatable bonds is 8. The second-order valence-corrected chi connectivity index (χ2v) is 8.15. The number of ether oxygens (including phenoxy) is 3. The van der Waals surface area contributed by atoms with Gasteiger partial charge in [0.25, 0.3) is 5.91 Å². The van der Waals surface area contributed by atoms with Crippen molar-refractivity contribution in [1.82, 2.24) is 5.32 Å². The monoisotopic (exact) mass is 459 g/mol. The Morgan fingerprint density at radius 3 is 2.50 bits per heavy atom. The molecule has 3 rings (SSSR count). The van der Waals surface area contributed by atoms with E-state index >= 15 is 0 Å². The van der Waals surface area contributed by atoms with Gasteiger partial charge in [0.1, 0.15) is 5.58 Å². The zero-order valence-electron chi connectivity index (χ0n) is 18.7. The number of nitrogens with one attached hydrogen (secondary N) is 1. The minimum absolute atomic E-state index is 0.0793. The van der Waals surface area contributed by atoms with Gasteiger partial charge in [-0.2, -0.15) is 0 Å². The second-order valence-electron chi connectivity index (χ2n) is 7.74. The molecule has 0 spiro atoms. The van der Waals surface area contributed by atoms with Crippen molar-refractivity contribution in [3.05, 3.63) is 51.1 Å². The van der Waals surface area contributed by atoms with Gasteiger partial charge >= 0.3 is 0 Å². The molecule has 0 bridgehead atoms. The molecule has 2 aromatic carbocycles. The highest BCUT2D eigenvalue weighted by Gasteiger charge is 2.21. The SMILES string of the molecule is COc1ccc(-c2oc3cc(C)c(Cl)cc3c(=O)c2OCC(=O)NCC(C)C)cc1OC. The average Bonchev–Trinajstić information content (AvgIpc) is 2.77. The standard InChI is InChI=1S/C24H26ClNO6/c1-13(2)11-26-21(27)12-31-24-22(28)16-10-17(25)14(3)8-19(16)32-23(24)15-6-7-18(29-4)20(9-15)30-5/h6-10,13H,11-12H2,1-5H3,(H,26,27). The first-order chi connectivity index (χ1) is 15.2. The molecule has 1 N–H and O–H groups in total. The van der Waals surface area contributed by atoms with Crippen LogP contribution >= 0.6 is 11.6 Å². The minimum atomic E-state index is -0.422. The van der Waals surface area contributed by atoms with E-state index in [9.17, 15) is 9.59 Å². The number of benzene rings is 2. The van der Waals surface area contributed by atoms with Crippen LogP contribution in [0.1, 0.15) is 19.4 Å². The molecule has 0 aliphatic heterocycles. The summed E-state index contributed by atoms with van der Waals surface area (Å²) < 4.78 is 22.4. The Kier molecular flexibility index (Phi) is 7.30. The summed E-state index contributed by atoms with van der Waals surface area (Å²) >= 11 is 6.22. The fraction of sp³-hybridized carbons (Fsp3) is 0.333. The van der Waals surface area contributed by atoms with Crippen LogP contribution in [0.4, 0.5) is 0 Å². The molecule has 0 atom stereocenters. The molecular formula is C24H26ClNO6. The molecule has 0 fully saturated rings. The van der Waals surface area contributed by atoms with Crippen molar-refractivity contribution >= 4 is 28.5 Å². The third kappa shape index (κ3) is 4.99. The average molecular weight is 460 g/mol. The molecule has 0 saturated heterocycles. The summed E-state index contributed by atoms with van der Waals surface area (Å²) in [5.41, 5.74) is 1.24. The lowest BCUT2D eigenvalue weighted by molar-refractivity contribution is -0.123. The Bertz CT molecular complexity index is 1200. The maximum Gasteiger partial charge on any atom is 0.257 e. The maximum atomic E-state index is 13.3. The van der Waals surface area contributed by atoms with Gasteiger partial charge in [-0.3, -0.25) is 9.59 Å². The van der Waals surface area contributed by atoms with Gasteiger partial charge in [0, 0.05) is 17.1 Å². The lowest BCUT2D eigenvalue weighted by atomic mass is 10.1. The zero-order chi connectivity index (χ0) is 23.4. The number of amides is 1. The number of methoxy groups -OCH3 is 2. The Hall–Kier alpha value is -3.19. The number of aryl methyl sites for hydroxylation is 1. The van der Waals surface area contributed by atoms with Crippen LogP contribution in [-0.2, 0) is 4.79 Å². The largest absolute Gasteiger partial charge is 0.493 e.